The van der Waals surface area contributed by atoms with Crippen molar-refractivity contribution in [2.45, 2.75) is 53.1 Å². The van der Waals surface area contributed by atoms with Crippen LogP contribution in [0.1, 0.15) is 46.2 Å². The summed E-state index contributed by atoms with van der Waals surface area (Å²) in [5.74, 6) is 0. The normalized spacial score (nSPS) is 14.0. The number of nitrogens with zero attached hydrogens (tertiary/aromatic N) is 1. The lowest BCUT2D eigenvalue weighted by Crippen LogP contribution is -2.18. The van der Waals surface area contributed by atoms with Crippen molar-refractivity contribution in [3.05, 3.63) is 18.2 Å². The highest BCUT2D eigenvalue weighted by molar-refractivity contribution is 4.93. The minimum absolute atomic E-state index is 0.349. The SMILES string of the molecule is CC(CC(C)(C)C)OCCCc1cnc[nH]1. The molecule has 1 aromatic rings. The number of aryl methyl sites for hydroxylation is 1. The van der Waals surface area contributed by atoms with Crippen LogP contribution in [-0.4, -0.2) is 22.7 Å². The molecule has 0 aliphatic heterocycles. The fourth-order valence-corrected chi connectivity index (χ4v) is 1.89. The third kappa shape index (κ3) is 5.91. The second-order valence-electron chi connectivity index (χ2n) is 5.63. The molecule has 0 saturated heterocycles. The molecule has 0 fully saturated rings. The van der Waals surface area contributed by atoms with Gasteiger partial charge in [-0.25, -0.2) is 4.98 Å². The fraction of sp³-hybridized carbons (Fsp3) is 0.769. The zero-order chi connectivity index (χ0) is 12.0. The molecule has 1 heterocycles. The summed E-state index contributed by atoms with van der Waals surface area (Å²) < 4.78 is 5.78. The minimum Gasteiger partial charge on any atom is -0.378 e. The van der Waals surface area contributed by atoms with E-state index in [1.165, 1.54) is 5.69 Å². The van der Waals surface area contributed by atoms with E-state index in [9.17, 15) is 0 Å². The molecule has 0 saturated carbocycles. The number of nitrogens with one attached hydrogen (secondary N) is 1. The summed E-state index contributed by atoms with van der Waals surface area (Å²) in [6.45, 7) is 9.73. The Morgan fingerprint density at radius 2 is 2.19 bits per heavy atom. The van der Waals surface area contributed by atoms with Gasteiger partial charge in [-0.2, -0.15) is 0 Å². The molecule has 1 N–H and O–H groups in total. The Hall–Kier alpha value is -0.830. The third-order valence-electron chi connectivity index (χ3n) is 2.45. The number of rotatable bonds is 6. The monoisotopic (exact) mass is 224 g/mol. The van der Waals surface area contributed by atoms with Crippen LogP contribution in [0.5, 0.6) is 0 Å². The average Bonchev–Trinajstić information content (AvgIpc) is 2.62. The second kappa shape index (κ2) is 6.04. The number of H-pyrrole nitrogens is 1. The van der Waals surface area contributed by atoms with Gasteiger partial charge in [0.2, 0.25) is 0 Å². The molecule has 16 heavy (non-hydrogen) atoms. The molecule has 0 spiro atoms. The minimum atomic E-state index is 0.349. The van der Waals surface area contributed by atoms with Gasteiger partial charge in [-0.1, -0.05) is 20.8 Å². The molecule has 1 unspecified atom stereocenters. The largest absolute Gasteiger partial charge is 0.378 e. The summed E-state index contributed by atoms with van der Waals surface area (Å²) in [5.41, 5.74) is 1.54. The van der Waals surface area contributed by atoms with Gasteiger partial charge in [0.1, 0.15) is 0 Å². The molecule has 1 aromatic heterocycles. The van der Waals surface area contributed by atoms with Gasteiger partial charge in [0.15, 0.2) is 0 Å². The summed E-state index contributed by atoms with van der Waals surface area (Å²) in [6, 6.07) is 0. The van der Waals surface area contributed by atoms with Crippen molar-refractivity contribution in [2.75, 3.05) is 6.61 Å². The smallest absolute Gasteiger partial charge is 0.0921 e. The van der Waals surface area contributed by atoms with E-state index in [0.29, 0.717) is 11.5 Å². The molecule has 3 nitrogen and oxygen atoms in total. The van der Waals surface area contributed by atoms with Crippen LogP contribution in [0.15, 0.2) is 12.5 Å². The first-order valence-corrected chi connectivity index (χ1v) is 6.06. The lowest BCUT2D eigenvalue weighted by atomic mass is 9.90. The maximum Gasteiger partial charge on any atom is 0.0921 e. The molecule has 0 amide bonds. The Morgan fingerprint density at radius 1 is 1.44 bits per heavy atom. The van der Waals surface area contributed by atoms with E-state index >= 15 is 0 Å². The van der Waals surface area contributed by atoms with Crippen LogP contribution in [0.25, 0.3) is 0 Å². The van der Waals surface area contributed by atoms with E-state index in [1.54, 1.807) is 6.33 Å². The summed E-state index contributed by atoms with van der Waals surface area (Å²) in [7, 11) is 0. The van der Waals surface area contributed by atoms with Gasteiger partial charge in [-0.15, -0.1) is 0 Å². The van der Waals surface area contributed by atoms with Crippen LogP contribution < -0.4 is 0 Å². The highest BCUT2D eigenvalue weighted by Crippen LogP contribution is 2.22. The van der Waals surface area contributed by atoms with E-state index in [2.05, 4.69) is 37.7 Å². The van der Waals surface area contributed by atoms with E-state index in [0.717, 1.165) is 25.9 Å². The second-order valence-corrected chi connectivity index (χ2v) is 5.63. The third-order valence-corrected chi connectivity index (χ3v) is 2.45. The van der Waals surface area contributed by atoms with Crippen LogP contribution in [0.4, 0.5) is 0 Å². The number of hydrogen-bond acceptors (Lipinski definition) is 2. The van der Waals surface area contributed by atoms with Crippen molar-refractivity contribution in [3.63, 3.8) is 0 Å². The first-order valence-electron chi connectivity index (χ1n) is 6.06. The molecule has 0 aliphatic carbocycles. The van der Waals surface area contributed by atoms with Gasteiger partial charge >= 0.3 is 0 Å². The number of hydrogen-bond donors (Lipinski definition) is 1. The molecule has 0 bridgehead atoms. The predicted octanol–water partition coefficient (Wildman–Crippen LogP) is 3.18. The lowest BCUT2D eigenvalue weighted by molar-refractivity contribution is 0.0369. The Kier molecular flexibility index (Phi) is 5.00. The summed E-state index contributed by atoms with van der Waals surface area (Å²) in [4.78, 5) is 7.08. The van der Waals surface area contributed by atoms with Crippen molar-refractivity contribution in [2.24, 2.45) is 5.41 Å². The summed E-state index contributed by atoms with van der Waals surface area (Å²) in [5, 5.41) is 0. The van der Waals surface area contributed by atoms with Crippen molar-refractivity contribution in [3.8, 4) is 0 Å². The first-order chi connectivity index (χ1) is 7.47. The van der Waals surface area contributed by atoms with Gasteiger partial charge in [-0.3, -0.25) is 0 Å². The molecule has 3 heteroatoms. The maximum absolute atomic E-state index is 5.78. The number of imidazole rings is 1. The van der Waals surface area contributed by atoms with Crippen LogP contribution in [0, 0.1) is 5.41 Å². The van der Waals surface area contributed by atoms with Crippen LogP contribution in [0.3, 0.4) is 0 Å². The zero-order valence-corrected chi connectivity index (χ0v) is 10.9. The molecule has 0 aromatic carbocycles. The molecular weight excluding hydrogens is 200 g/mol. The van der Waals surface area contributed by atoms with E-state index in [4.69, 9.17) is 4.74 Å². The van der Waals surface area contributed by atoms with Crippen LogP contribution in [-0.2, 0) is 11.2 Å². The molecule has 1 atom stereocenters. The summed E-state index contributed by atoms with van der Waals surface area (Å²) >= 11 is 0. The van der Waals surface area contributed by atoms with Crippen molar-refractivity contribution in [1.29, 1.82) is 0 Å². The Morgan fingerprint density at radius 3 is 2.75 bits per heavy atom. The molecule has 1 rings (SSSR count). The number of aromatic nitrogens is 2. The van der Waals surface area contributed by atoms with Gasteiger partial charge in [0, 0.05) is 18.5 Å². The fourth-order valence-electron chi connectivity index (χ4n) is 1.89. The van der Waals surface area contributed by atoms with E-state index in [1.807, 2.05) is 6.20 Å². The first kappa shape index (κ1) is 13.2. The highest BCUT2D eigenvalue weighted by Gasteiger charge is 2.15. The Labute approximate surface area is 98.6 Å². The van der Waals surface area contributed by atoms with Gasteiger partial charge in [-0.05, 0) is 31.6 Å². The molecule has 0 aliphatic rings. The summed E-state index contributed by atoms with van der Waals surface area (Å²) in [6.07, 6.45) is 7.12. The van der Waals surface area contributed by atoms with Gasteiger partial charge in [0.05, 0.1) is 12.4 Å². The van der Waals surface area contributed by atoms with Crippen LogP contribution in [0.2, 0.25) is 0 Å². The lowest BCUT2D eigenvalue weighted by Gasteiger charge is -2.23. The van der Waals surface area contributed by atoms with E-state index in [-0.39, 0.29) is 0 Å². The zero-order valence-electron chi connectivity index (χ0n) is 10.9. The quantitative estimate of drug-likeness (QED) is 0.754. The maximum atomic E-state index is 5.78. The molecule has 0 radical (unpaired) electrons. The molecule has 92 valence electrons. The van der Waals surface area contributed by atoms with Crippen molar-refractivity contribution < 1.29 is 4.74 Å². The molecular formula is C13H24N2O. The predicted molar refractivity (Wildman–Crippen MR) is 66.4 cm³/mol. The van der Waals surface area contributed by atoms with Crippen molar-refractivity contribution >= 4 is 0 Å². The average molecular weight is 224 g/mol. The highest BCUT2D eigenvalue weighted by atomic mass is 16.5. The Bertz CT molecular complexity index is 275. The number of aromatic amines is 1. The topological polar surface area (TPSA) is 37.9 Å². The Balaban J connectivity index is 2.07. The van der Waals surface area contributed by atoms with E-state index < -0.39 is 0 Å². The van der Waals surface area contributed by atoms with Gasteiger partial charge in [0.25, 0.3) is 0 Å². The van der Waals surface area contributed by atoms with Crippen LogP contribution >= 0.6 is 0 Å². The van der Waals surface area contributed by atoms with Crippen molar-refractivity contribution in [1.82, 2.24) is 9.97 Å². The van der Waals surface area contributed by atoms with Gasteiger partial charge < -0.3 is 9.72 Å². The standard InChI is InChI=1S/C13H24N2O/c1-11(8-13(2,3)4)16-7-5-6-12-9-14-10-15-12/h9-11H,5-8H2,1-4H3,(H,14,15). The number of ether oxygens (including phenoxy) is 1.